The summed E-state index contributed by atoms with van der Waals surface area (Å²) in [7, 11) is 0. The highest BCUT2D eigenvalue weighted by Crippen LogP contribution is 2.38. The molecular weight excluding hydrogens is 624 g/mol. The van der Waals surface area contributed by atoms with Gasteiger partial charge < -0.3 is 16.1 Å². The van der Waals surface area contributed by atoms with Gasteiger partial charge in [0.15, 0.2) is 5.82 Å². The molecule has 1 atom stereocenters. The lowest BCUT2D eigenvalue weighted by Crippen LogP contribution is -2.52. The Bertz CT molecular complexity index is 1830. The number of nitrogens with one attached hydrogen (secondary N) is 4. The maximum absolute atomic E-state index is 15.1. The predicted molar refractivity (Wildman–Crippen MR) is 182 cm³/mol. The molecule has 1 saturated heterocycles. The van der Waals surface area contributed by atoms with E-state index in [4.69, 9.17) is 23.2 Å². The highest BCUT2D eigenvalue weighted by atomic mass is 35.5. The second-order valence-electron chi connectivity index (χ2n) is 12.7. The van der Waals surface area contributed by atoms with E-state index in [1.807, 2.05) is 24.4 Å². The van der Waals surface area contributed by atoms with Gasteiger partial charge in [0.2, 0.25) is 0 Å². The minimum absolute atomic E-state index is 0.0151. The molecule has 12 heteroatoms. The first-order valence-corrected chi connectivity index (χ1v) is 16.0. The molecule has 0 bridgehead atoms. The third kappa shape index (κ3) is 6.42. The fourth-order valence-corrected chi connectivity index (χ4v) is 6.43. The maximum Gasteiger partial charge on any atom is 0.165 e. The summed E-state index contributed by atoms with van der Waals surface area (Å²) < 4.78 is 15.1. The van der Waals surface area contributed by atoms with Crippen LogP contribution in [0.3, 0.4) is 0 Å². The second-order valence-corrected chi connectivity index (χ2v) is 13.5. The zero-order valence-electron chi connectivity index (χ0n) is 26.1. The van der Waals surface area contributed by atoms with E-state index >= 15 is 4.39 Å². The number of benzene rings is 2. The summed E-state index contributed by atoms with van der Waals surface area (Å²) in [6.07, 6.45) is 9.17. The monoisotopic (exact) mass is 659 g/mol. The van der Waals surface area contributed by atoms with Crippen molar-refractivity contribution >= 4 is 51.2 Å². The van der Waals surface area contributed by atoms with Gasteiger partial charge >= 0.3 is 0 Å². The van der Waals surface area contributed by atoms with Crippen LogP contribution in [0.15, 0.2) is 66.9 Å². The van der Waals surface area contributed by atoms with Crippen LogP contribution in [-0.4, -0.2) is 44.5 Å². The lowest BCUT2D eigenvalue weighted by molar-refractivity contribution is 0.0570. The summed E-state index contributed by atoms with van der Waals surface area (Å²) in [5, 5.41) is 19.7. The van der Waals surface area contributed by atoms with E-state index in [0.29, 0.717) is 38.9 Å². The second kappa shape index (κ2) is 12.9. The number of rotatable bonds is 7. The summed E-state index contributed by atoms with van der Waals surface area (Å²) in [5.74, 6) is -0.604. The van der Waals surface area contributed by atoms with Crippen LogP contribution in [0.4, 0.5) is 21.5 Å². The Balaban J connectivity index is 1.34. The van der Waals surface area contributed by atoms with E-state index in [1.165, 1.54) is 6.20 Å². The Morgan fingerprint density at radius 1 is 1.13 bits per heavy atom. The number of halogens is 3. The number of hydrogen-bond acceptors (Lipinski definition) is 9. The Morgan fingerprint density at radius 3 is 2.61 bits per heavy atom. The van der Waals surface area contributed by atoms with Gasteiger partial charge in [0.05, 0.1) is 44.2 Å². The van der Waals surface area contributed by atoms with Gasteiger partial charge in [-0.2, -0.15) is 5.26 Å². The van der Waals surface area contributed by atoms with Crippen LogP contribution in [0.2, 0.25) is 10.0 Å². The van der Waals surface area contributed by atoms with Crippen LogP contribution in [0.25, 0.3) is 10.9 Å². The van der Waals surface area contributed by atoms with E-state index in [1.54, 1.807) is 31.3 Å². The van der Waals surface area contributed by atoms with Crippen molar-refractivity contribution in [2.75, 3.05) is 23.7 Å². The average Bonchev–Trinajstić information content (AvgIpc) is 3.54. The van der Waals surface area contributed by atoms with Crippen molar-refractivity contribution in [1.29, 1.82) is 5.26 Å². The summed E-state index contributed by atoms with van der Waals surface area (Å²) in [5.41, 5.74) is 11.2. The van der Waals surface area contributed by atoms with E-state index < -0.39 is 5.82 Å². The van der Waals surface area contributed by atoms with Gasteiger partial charge in [-0.05, 0) is 75.9 Å². The number of pyridine rings is 2. The molecule has 0 amide bonds. The standard InChI is InChI=1S/C34H36Cl2FN9/c1-20-7-8-27(30(37)29(20)36)42-31-22(16-38)18-40-33-25(31)14-23(15-26(33)35)41-32(21-6-5-11-39-17-21)28-19-46(44-43-28)24-9-12-45(13-10-24)34(2,3)4/h5-8,11,14-15,17-19,24,32,41,43-44H,9-10,12-13H2,1-4H3,(H,40,42)/t32-/m0/s1. The molecule has 1 fully saturated rings. The summed E-state index contributed by atoms with van der Waals surface area (Å²) >= 11 is 13.0. The highest BCUT2D eigenvalue weighted by molar-refractivity contribution is 6.36. The Labute approximate surface area is 278 Å². The summed E-state index contributed by atoms with van der Waals surface area (Å²) in [4.78, 5) is 11.3. The molecule has 2 aromatic carbocycles. The molecule has 238 valence electrons. The molecule has 6 rings (SSSR count). The Hall–Kier alpha value is -4.14. The van der Waals surface area contributed by atoms with Crippen LogP contribution in [0, 0.1) is 24.1 Å². The molecule has 0 radical (unpaired) electrons. The third-order valence-electron chi connectivity index (χ3n) is 8.63. The van der Waals surface area contributed by atoms with E-state index in [0.717, 1.165) is 37.2 Å². The van der Waals surface area contributed by atoms with E-state index in [9.17, 15) is 5.26 Å². The molecular formula is C34H36Cl2FN9. The molecule has 0 saturated carbocycles. The Kier molecular flexibility index (Phi) is 8.95. The molecule has 9 nitrogen and oxygen atoms in total. The molecule has 0 spiro atoms. The highest BCUT2D eigenvalue weighted by Gasteiger charge is 2.32. The zero-order valence-corrected chi connectivity index (χ0v) is 27.6. The van der Waals surface area contributed by atoms with E-state index in [-0.39, 0.29) is 27.9 Å². The van der Waals surface area contributed by atoms with E-state index in [2.05, 4.69) is 74.5 Å². The fraction of sp³-hybridized carbons (Fsp3) is 0.324. The van der Waals surface area contributed by atoms with Crippen LogP contribution in [0.5, 0.6) is 0 Å². The van der Waals surface area contributed by atoms with Gasteiger partial charge in [0.25, 0.3) is 0 Å². The van der Waals surface area contributed by atoms with Crippen molar-refractivity contribution in [2.45, 2.75) is 58.2 Å². The smallest absolute Gasteiger partial charge is 0.165 e. The molecule has 2 aliphatic rings. The Morgan fingerprint density at radius 2 is 1.91 bits per heavy atom. The molecule has 2 aromatic heterocycles. The van der Waals surface area contributed by atoms with Gasteiger partial charge in [-0.15, -0.1) is 5.53 Å². The van der Waals surface area contributed by atoms with Crippen molar-refractivity contribution in [3.8, 4) is 6.07 Å². The zero-order chi connectivity index (χ0) is 32.6. The number of aromatic nitrogens is 2. The molecule has 46 heavy (non-hydrogen) atoms. The van der Waals surface area contributed by atoms with Gasteiger partial charge in [-0.25, -0.2) is 4.39 Å². The van der Waals surface area contributed by atoms with Crippen LogP contribution in [0.1, 0.15) is 56.3 Å². The number of nitriles is 1. The van der Waals surface area contributed by atoms with Crippen molar-refractivity contribution in [3.63, 3.8) is 0 Å². The largest absolute Gasteiger partial charge is 0.373 e. The first kappa shape index (κ1) is 31.8. The van der Waals surface area contributed by atoms with Crippen LogP contribution >= 0.6 is 23.2 Å². The van der Waals surface area contributed by atoms with Crippen molar-refractivity contribution in [2.24, 2.45) is 0 Å². The number of fused-ring (bicyclic) bond motifs is 1. The predicted octanol–water partition coefficient (Wildman–Crippen LogP) is 7.58. The molecule has 4 aromatic rings. The number of anilines is 3. The average molecular weight is 661 g/mol. The van der Waals surface area contributed by atoms with Crippen molar-refractivity contribution < 1.29 is 4.39 Å². The molecule has 4 N–H and O–H groups in total. The maximum atomic E-state index is 15.1. The number of likely N-dealkylation sites (tertiary alicyclic amines) is 1. The summed E-state index contributed by atoms with van der Waals surface area (Å²) in [6, 6.07) is 13.0. The van der Waals surface area contributed by atoms with Crippen molar-refractivity contribution in [3.05, 3.63) is 99.4 Å². The number of aryl methyl sites for hydroxylation is 1. The van der Waals surface area contributed by atoms with Gasteiger partial charge in [-0.1, -0.05) is 35.3 Å². The van der Waals surface area contributed by atoms with Crippen LogP contribution in [-0.2, 0) is 0 Å². The third-order valence-corrected chi connectivity index (χ3v) is 9.39. The summed E-state index contributed by atoms with van der Waals surface area (Å²) in [6.45, 7) is 10.6. The van der Waals surface area contributed by atoms with Crippen LogP contribution < -0.4 is 21.6 Å². The van der Waals surface area contributed by atoms with Gasteiger partial charge in [0, 0.05) is 60.5 Å². The lowest BCUT2D eigenvalue weighted by Gasteiger charge is -2.42. The van der Waals surface area contributed by atoms with Crippen molar-refractivity contribution in [1.82, 2.24) is 30.8 Å². The SMILES string of the molecule is Cc1ccc(Nc2c(C#N)cnc3c(Cl)cc(N[C@H](C4=CN(C5CCN(C(C)(C)C)CC5)NN4)c4cccnc4)cc23)c(F)c1Cl. The minimum atomic E-state index is -0.604. The number of hydrazine groups is 2. The topological polar surface area (TPSA) is 104 Å². The number of piperidine rings is 1. The minimum Gasteiger partial charge on any atom is -0.373 e. The molecule has 0 unspecified atom stereocenters. The lowest BCUT2D eigenvalue weighted by atomic mass is 9.98. The molecule has 4 heterocycles. The first-order valence-electron chi connectivity index (χ1n) is 15.2. The first-order chi connectivity index (χ1) is 22.0. The quantitative estimate of drug-likeness (QED) is 0.160. The number of hydrogen-bond donors (Lipinski definition) is 4. The molecule has 2 aliphatic heterocycles. The van der Waals surface area contributed by atoms with Gasteiger partial charge in [-0.3, -0.25) is 19.9 Å². The normalized spacial score (nSPS) is 16.6. The van der Waals surface area contributed by atoms with Gasteiger partial charge in [0.1, 0.15) is 6.07 Å². The molecule has 0 aliphatic carbocycles. The fourth-order valence-electron chi connectivity index (χ4n) is 6.00. The number of nitrogens with zero attached hydrogens (tertiary/aromatic N) is 5.